The van der Waals surface area contributed by atoms with Crippen molar-refractivity contribution in [1.82, 2.24) is 9.88 Å². The molecule has 1 aromatic carbocycles. The average Bonchev–Trinajstić information content (AvgIpc) is 2.91. The van der Waals surface area contributed by atoms with Crippen molar-refractivity contribution in [1.29, 1.82) is 0 Å². The maximum atomic E-state index is 14.3. The van der Waals surface area contributed by atoms with Crippen LogP contribution in [0.3, 0.4) is 0 Å². The highest BCUT2D eigenvalue weighted by Crippen LogP contribution is 2.30. The molecule has 0 radical (unpaired) electrons. The van der Waals surface area contributed by atoms with E-state index in [1.165, 1.54) is 17.8 Å². The first-order valence-corrected chi connectivity index (χ1v) is 8.78. The summed E-state index contributed by atoms with van der Waals surface area (Å²) >= 11 is 9.49. The molecule has 0 spiro atoms. The second-order valence-corrected chi connectivity index (χ2v) is 7.74. The Morgan fingerprint density at radius 3 is 2.70 bits per heavy atom. The number of thiocarbonyl (C=S) groups is 1. The third-order valence-electron chi connectivity index (χ3n) is 3.55. The van der Waals surface area contributed by atoms with Crippen LogP contribution in [0.15, 0.2) is 33.6 Å². The van der Waals surface area contributed by atoms with Crippen molar-refractivity contribution in [3.05, 3.63) is 56.4 Å². The molecule has 2 aromatic rings. The minimum atomic E-state index is -0.311. The summed E-state index contributed by atoms with van der Waals surface area (Å²) in [5.41, 5.74) is 3.10. The first kappa shape index (κ1) is 16.4. The summed E-state index contributed by atoms with van der Waals surface area (Å²) in [5.74, 6) is -0.505. The van der Waals surface area contributed by atoms with E-state index in [0.29, 0.717) is 19.4 Å². The number of rotatable bonds is 2. The van der Waals surface area contributed by atoms with Crippen LogP contribution < -0.4 is 5.32 Å². The molecule has 0 saturated carbocycles. The van der Waals surface area contributed by atoms with Crippen LogP contribution >= 0.6 is 39.9 Å². The van der Waals surface area contributed by atoms with E-state index in [1.807, 2.05) is 24.5 Å². The molecule has 0 bridgehead atoms. The van der Waals surface area contributed by atoms with Gasteiger partial charge in [-0.2, -0.15) is 0 Å². The van der Waals surface area contributed by atoms with Crippen molar-refractivity contribution in [3.63, 3.8) is 0 Å². The molecule has 1 aliphatic heterocycles. The number of carbonyl (C=O) groups is 1. The fourth-order valence-electron chi connectivity index (χ4n) is 2.53. The molecular weight excluding hydrogens is 399 g/mol. The molecule has 0 atom stereocenters. The SMILES string of the molecule is Cc1cc(/C=C2\SC(=S)NC2=O)c(C)n1-c1ccc(Br)cc1F. The number of aromatic nitrogens is 1. The van der Waals surface area contributed by atoms with E-state index in [-0.39, 0.29) is 11.7 Å². The van der Waals surface area contributed by atoms with Gasteiger partial charge in [0, 0.05) is 15.9 Å². The van der Waals surface area contributed by atoms with Gasteiger partial charge in [-0.3, -0.25) is 4.79 Å². The van der Waals surface area contributed by atoms with Crippen LogP contribution in [0.5, 0.6) is 0 Å². The number of aryl methyl sites for hydroxylation is 1. The number of thioether (sulfide) groups is 1. The Kier molecular flexibility index (Phi) is 4.44. The summed E-state index contributed by atoms with van der Waals surface area (Å²) in [4.78, 5) is 12.3. The number of halogens is 2. The number of amides is 1. The van der Waals surface area contributed by atoms with Crippen molar-refractivity contribution in [2.24, 2.45) is 0 Å². The van der Waals surface area contributed by atoms with Gasteiger partial charge in [0.05, 0.1) is 10.6 Å². The number of hydrogen-bond acceptors (Lipinski definition) is 3. The quantitative estimate of drug-likeness (QED) is 0.585. The third-order valence-corrected chi connectivity index (χ3v) is 5.21. The fourth-order valence-corrected chi connectivity index (χ4v) is 3.90. The molecule has 1 N–H and O–H groups in total. The van der Waals surface area contributed by atoms with Crippen molar-refractivity contribution in [2.45, 2.75) is 13.8 Å². The highest BCUT2D eigenvalue weighted by Gasteiger charge is 2.23. The van der Waals surface area contributed by atoms with E-state index in [2.05, 4.69) is 21.2 Å². The molecule has 118 valence electrons. The highest BCUT2D eigenvalue weighted by atomic mass is 79.9. The summed E-state index contributed by atoms with van der Waals surface area (Å²) < 4.78 is 17.3. The van der Waals surface area contributed by atoms with Gasteiger partial charge in [-0.05, 0) is 49.8 Å². The number of nitrogens with zero attached hydrogens (tertiary/aromatic N) is 1. The highest BCUT2D eigenvalue weighted by molar-refractivity contribution is 9.10. The van der Waals surface area contributed by atoms with Crippen LogP contribution in [-0.4, -0.2) is 14.8 Å². The van der Waals surface area contributed by atoms with Gasteiger partial charge in [0.15, 0.2) is 0 Å². The van der Waals surface area contributed by atoms with E-state index in [1.54, 1.807) is 18.2 Å². The maximum absolute atomic E-state index is 14.3. The normalized spacial score (nSPS) is 16.3. The standard InChI is InChI=1S/C16H12BrFN2OS2/c1-8-5-10(6-14-15(21)19-16(22)23-14)9(2)20(8)13-4-3-11(17)7-12(13)18/h3-7H,1-2H3,(H,19,21,22)/b14-6-. The molecule has 0 aliphatic carbocycles. The number of carbonyl (C=O) groups excluding carboxylic acids is 1. The predicted octanol–water partition coefficient (Wildman–Crippen LogP) is 4.48. The molecule has 1 saturated heterocycles. The minimum absolute atomic E-state index is 0.195. The second kappa shape index (κ2) is 6.22. The van der Waals surface area contributed by atoms with Crippen LogP contribution in [0.4, 0.5) is 4.39 Å². The Morgan fingerprint density at radius 2 is 2.09 bits per heavy atom. The van der Waals surface area contributed by atoms with Crippen molar-refractivity contribution in [3.8, 4) is 5.69 Å². The van der Waals surface area contributed by atoms with Crippen LogP contribution in [-0.2, 0) is 4.79 Å². The second-order valence-electron chi connectivity index (χ2n) is 5.11. The van der Waals surface area contributed by atoms with Crippen molar-refractivity contribution in [2.75, 3.05) is 0 Å². The molecule has 3 nitrogen and oxygen atoms in total. The summed E-state index contributed by atoms with van der Waals surface area (Å²) in [6.45, 7) is 3.81. The van der Waals surface area contributed by atoms with Crippen molar-refractivity contribution < 1.29 is 9.18 Å². The largest absolute Gasteiger partial charge is 0.315 e. The van der Waals surface area contributed by atoms with E-state index in [9.17, 15) is 9.18 Å². The summed E-state index contributed by atoms with van der Waals surface area (Å²) in [7, 11) is 0. The zero-order valence-corrected chi connectivity index (χ0v) is 15.5. The van der Waals surface area contributed by atoms with Gasteiger partial charge in [-0.1, -0.05) is 39.9 Å². The van der Waals surface area contributed by atoms with Crippen LogP contribution in [0, 0.1) is 19.7 Å². The van der Waals surface area contributed by atoms with E-state index in [0.717, 1.165) is 17.0 Å². The Labute approximate surface area is 151 Å². The van der Waals surface area contributed by atoms with E-state index >= 15 is 0 Å². The van der Waals surface area contributed by atoms with Gasteiger partial charge in [0.25, 0.3) is 5.91 Å². The molecule has 1 amide bonds. The first-order valence-electron chi connectivity index (χ1n) is 6.76. The average molecular weight is 411 g/mol. The van der Waals surface area contributed by atoms with Crippen LogP contribution in [0.2, 0.25) is 0 Å². The molecule has 7 heteroatoms. The van der Waals surface area contributed by atoms with Gasteiger partial charge in [-0.15, -0.1) is 0 Å². The number of nitrogens with one attached hydrogen (secondary N) is 1. The van der Waals surface area contributed by atoms with Gasteiger partial charge < -0.3 is 9.88 Å². The fraction of sp³-hybridized carbons (Fsp3) is 0.125. The lowest BCUT2D eigenvalue weighted by molar-refractivity contribution is -0.115. The first-order chi connectivity index (χ1) is 10.9. The number of hydrogen-bond donors (Lipinski definition) is 1. The third kappa shape index (κ3) is 3.13. The van der Waals surface area contributed by atoms with Gasteiger partial charge in [0.2, 0.25) is 0 Å². The van der Waals surface area contributed by atoms with Gasteiger partial charge in [-0.25, -0.2) is 4.39 Å². The zero-order valence-electron chi connectivity index (χ0n) is 12.3. The molecule has 23 heavy (non-hydrogen) atoms. The predicted molar refractivity (Wildman–Crippen MR) is 99.2 cm³/mol. The summed E-state index contributed by atoms with van der Waals surface area (Å²) in [6.07, 6.45) is 1.79. The molecule has 1 aromatic heterocycles. The lowest BCUT2D eigenvalue weighted by Crippen LogP contribution is -2.17. The Hall–Kier alpha value is -1.44. The minimum Gasteiger partial charge on any atom is -0.315 e. The summed E-state index contributed by atoms with van der Waals surface area (Å²) in [6, 6.07) is 6.89. The smallest absolute Gasteiger partial charge is 0.263 e. The van der Waals surface area contributed by atoms with E-state index < -0.39 is 0 Å². The lowest BCUT2D eigenvalue weighted by Gasteiger charge is -2.11. The molecule has 1 fully saturated rings. The Morgan fingerprint density at radius 1 is 1.35 bits per heavy atom. The Balaban J connectivity index is 2.08. The zero-order chi connectivity index (χ0) is 16.7. The van der Waals surface area contributed by atoms with Gasteiger partial charge in [0.1, 0.15) is 10.1 Å². The molecular formula is C16H12BrFN2OS2. The molecule has 0 unspecified atom stereocenters. The molecule has 3 rings (SSSR count). The van der Waals surface area contributed by atoms with E-state index in [4.69, 9.17) is 12.2 Å². The molecule has 2 heterocycles. The summed E-state index contributed by atoms with van der Waals surface area (Å²) in [5, 5.41) is 2.59. The van der Waals surface area contributed by atoms with Crippen molar-refractivity contribution >= 4 is 56.2 Å². The van der Waals surface area contributed by atoms with Crippen LogP contribution in [0.25, 0.3) is 11.8 Å². The monoisotopic (exact) mass is 410 g/mol. The topological polar surface area (TPSA) is 34.0 Å². The maximum Gasteiger partial charge on any atom is 0.263 e. The number of benzene rings is 1. The van der Waals surface area contributed by atoms with Gasteiger partial charge >= 0.3 is 0 Å². The van der Waals surface area contributed by atoms with Crippen LogP contribution in [0.1, 0.15) is 17.0 Å². The lowest BCUT2D eigenvalue weighted by atomic mass is 10.2. The Bertz CT molecular complexity index is 873. The molecule has 1 aliphatic rings.